The fraction of sp³-hybridized carbons (Fsp3) is 0.737. The summed E-state index contributed by atoms with van der Waals surface area (Å²) in [4.78, 5) is 13.2. The molecule has 0 aliphatic carbocycles. The Hall–Kier alpha value is -0.130. The van der Waals surface area contributed by atoms with Gasteiger partial charge in [0.15, 0.2) is 5.96 Å². The number of aliphatic imine (C=N–C) groups is 1. The molecule has 6 nitrogen and oxygen atoms in total. The van der Waals surface area contributed by atoms with E-state index in [-0.39, 0.29) is 24.0 Å². The molecule has 28 heavy (non-hydrogen) atoms. The SMILES string of the molecule is CN=C(NCC(C)CN1CCOCC1)N1CCN(Cc2ccc(Cl)s2)CC1.I. The van der Waals surface area contributed by atoms with Crippen LogP contribution in [-0.2, 0) is 11.3 Å². The normalized spacial score (nSPS) is 20.7. The van der Waals surface area contributed by atoms with E-state index in [1.54, 1.807) is 11.3 Å². The number of ether oxygens (including phenoxy) is 1. The van der Waals surface area contributed by atoms with Crippen LogP contribution in [-0.4, -0.2) is 93.3 Å². The lowest BCUT2D eigenvalue weighted by Crippen LogP contribution is -2.53. The molecule has 1 aromatic rings. The molecule has 3 rings (SSSR count). The Morgan fingerprint density at radius 2 is 1.89 bits per heavy atom. The first-order chi connectivity index (χ1) is 13.1. The van der Waals surface area contributed by atoms with Gasteiger partial charge in [-0.05, 0) is 18.1 Å². The van der Waals surface area contributed by atoms with Crippen LogP contribution < -0.4 is 5.32 Å². The fourth-order valence-electron chi connectivity index (χ4n) is 3.66. The predicted molar refractivity (Wildman–Crippen MR) is 129 cm³/mol. The number of hydrogen-bond donors (Lipinski definition) is 1. The Bertz CT molecular complexity index is 603. The zero-order valence-electron chi connectivity index (χ0n) is 16.9. The highest BCUT2D eigenvalue weighted by molar-refractivity contribution is 14.0. The van der Waals surface area contributed by atoms with Crippen molar-refractivity contribution in [2.24, 2.45) is 10.9 Å². The maximum atomic E-state index is 6.04. The molecule has 2 aliphatic heterocycles. The molecular weight excluding hydrogens is 509 g/mol. The average molecular weight is 542 g/mol. The summed E-state index contributed by atoms with van der Waals surface area (Å²) >= 11 is 7.72. The maximum Gasteiger partial charge on any atom is 0.193 e. The minimum Gasteiger partial charge on any atom is -0.379 e. The predicted octanol–water partition coefficient (Wildman–Crippen LogP) is 2.68. The molecule has 2 aliphatic rings. The third-order valence-electron chi connectivity index (χ3n) is 5.17. The highest BCUT2D eigenvalue weighted by Crippen LogP contribution is 2.23. The number of guanidine groups is 1. The minimum atomic E-state index is 0. The molecule has 1 aromatic heterocycles. The maximum absolute atomic E-state index is 6.04. The van der Waals surface area contributed by atoms with Gasteiger partial charge in [-0.1, -0.05) is 18.5 Å². The Balaban J connectivity index is 0.00000280. The number of rotatable bonds is 6. The van der Waals surface area contributed by atoms with Crippen molar-refractivity contribution in [2.75, 3.05) is 72.6 Å². The monoisotopic (exact) mass is 541 g/mol. The largest absolute Gasteiger partial charge is 0.379 e. The van der Waals surface area contributed by atoms with Gasteiger partial charge < -0.3 is 15.0 Å². The molecule has 9 heteroatoms. The van der Waals surface area contributed by atoms with E-state index in [1.165, 1.54) is 4.88 Å². The van der Waals surface area contributed by atoms with Gasteiger partial charge >= 0.3 is 0 Å². The van der Waals surface area contributed by atoms with Crippen molar-refractivity contribution in [3.05, 3.63) is 21.3 Å². The van der Waals surface area contributed by atoms with Gasteiger partial charge in [0.05, 0.1) is 17.6 Å². The smallest absolute Gasteiger partial charge is 0.193 e. The van der Waals surface area contributed by atoms with Crippen LogP contribution in [0.15, 0.2) is 17.1 Å². The zero-order chi connectivity index (χ0) is 19.1. The number of piperazine rings is 1. The van der Waals surface area contributed by atoms with Crippen LogP contribution in [0.1, 0.15) is 11.8 Å². The number of hydrogen-bond acceptors (Lipinski definition) is 5. The summed E-state index contributed by atoms with van der Waals surface area (Å²) in [5.74, 6) is 1.62. The quantitative estimate of drug-likeness (QED) is 0.341. The summed E-state index contributed by atoms with van der Waals surface area (Å²) in [5.41, 5.74) is 0. The first-order valence-electron chi connectivity index (χ1n) is 9.86. The van der Waals surface area contributed by atoms with Gasteiger partial charge in [0.1, 0.15) is 0 Å². The number of nitrogens with one attached hydrogen (secondary N) is 1. The van der Waals surface area contributed by atoms with Crippen molar-refractivity contribution >= 4 is 52.9 Å². The van der Waals surface area contributed by atoms with Crippen molar-refractivity contribution in [2.45, 2.75) is 13.5 Å². The summed E-state index contributed by atoms with van der Waals surface area (Å²) in [6.45, 7) is 13.3. The first kappa shape index (κ1) is 24.1. The summed E-state index contributed by atoms with van der Waals surface area (Å²) in [7, 11) is 1.88. The molecule has 0 aromatic carbocycles. The van der Waals surface area contributed by atoms with Gasteiger partial charge in [-0.15, -0.1) is 35.3 Å². The minimum absolute atomic E-state index is 0. The molecular formula is C19H33ClIN5OS. The van der Waals surface area contributed by atoms with Crippen LogP contribution in [0.5, 0.6) is 0 Å². The molecule has 1 atom stereocenters. The van der Waals surface area contributed by atoms with Crippen molar-refractivity contribution in [1.82, 2.24) is 20.0 Å². The zero-order valence-corrected chi connectivity index (χ0v) is 20.8. The highest BCUT2D eigenvalue weighted by Gasteiger charge is 2.21. The number of nitrogens with zero attached hydrogens (tertiary/aromatic N) is 4. The van der Waals surface area contributed by atoms with E-state index in [0.29, 0.717) is 5.92 Å². The third kappa shape index (κ3) is 7.60. The number of morpholine rings is 1. The molecule has 0 saturated carbocycles. The van der Waals surface area contributed by atoms with Crippen LogP contribution >= 0.6 is 46.9 Å². The van der Waals surface area contributed by atoms with E-state index in [1.807, 2.05) is 13.1 Å². The highest BCUT2D eigenvalue weighted by atomic mass is 127. The first-order valence-corrected chi connectivity index (χ1v) is 11.1. The van der Waals surface area contributed by atoms with Gasteiger partial charge in [0.2, 0.25) is 0 Å². The van der Waals surface area contributed by atoms with Crippen LogP contribution in [0.2, 0.25) is 4.34 Å². The Morgan fingerprint density at radius 1 is 1.18 bits per heavy atom. The van der Waals surface area contributed by atoms with Gasteiger partial charge in [-0.2, -0.15) is 0 Å². The lowest BCUT2D eigenvalue weighted by atomic mass is 10.1. The second-order valence-electron chi connectivity index (χ2n) is 7.42. The summed E-state index contributed by atoms with van der Waals surface area (Å²) in [5, 5.41) is 3.58. The van der Waals surface area contributed by atoms with E-state index in [2.05, 4.69) is 38.0 Å². The third-order valence-corrected chi connectivity index (χ3v) is 6.39. The number of thiophene rings is 1. The molecule has 0 amide bonds. The summed E-state index contributed by atoms with van der Waals surface area (Å²) < 4.78 is 6.31. The van der Waals surface area contributed by atoms with E-state index in [9.17, 15) is 0 Å². The van der Waals surface area contributed by atoms with Crippen LogP contribution in [0.3, 0.4) is 0 Å². The molecule has 1 N–H and O–H groups in total. The molecule has 160 valence electrons. The van der Waals surface area contributed by atoms with Crippen LogP contribution in [0, 0.1) is 5.92 Å². The Kier molecular flexibility index (Phi) is 10.8. The van der Waals surface area contributed by atoms with Crippen molar-refractivity contribution in [1.29, 1.82) is 0 Å². The van der Waals surface area contributed by atoms with E-state index in [4.69, 9.17) is 16.3 Å². The lowest BCUT2D eigenvalue weighted by Gasteiger charge is -2.36. The van der Waals surface area contributed by atoms with Gasteiger partial charge in [-0.3, -0.25) is 14.8 Å². The fourth-order valence-corrected chi connectivity index (χ4v) is 4.79. The molecule has 0 spiro atoms. The van der Waals surface area contributed by atoms with Crippen molar-refractivity contribution in [3.63, 3.8) is 0 Å². The Labute approximate surface area is 195 Å². The summed E-state index contributed by atoms with van der Waals surface area (Å²) in [6, 6.07) is 4.12. The van der Waals surface area contributed by atoms with Gasteiger partial charge in [0, 0.05) is 70.8 Å². The van der Waals surface area contributed by atoms with Gasteiger partial charge in [-0.25, -0.2) is 0 Å². The van der Waals surface area contributed by atoms with Crippen molar-refractivity contribution < 1.29 is 4.74 Å². The molecule has 2 saturated heterocycles. The van der Waals surface area contributed by atoms with Crippen molar-refractivity contribution in [3.8, 4) is 0 Å². The lowest BCUT2D eigenvalue weighted by molar-refractivity contribution is 0.0320. The topological polar surface area (TPSA) is 43.3 Å². The number of halogens is 2. The van der Waals surface area contributed by atoms with E-state index >= 15 is 0 Å². The van der Waals surface area contributed by atoms with E-state index < -0.39 is 0 Å². The van der Waals surface area contributed by atoms with Crippen LogP contribution in [0.4, 0.5) is 0 Å². The summed E-state index contributed by atoms with van der Waals surface area (Å²) in [6.07, 6.45) is 0. The van der Waals surface area contributed by atoms with Gasteiger partial charge in [0.25, 0.3) is 0 Å². The van der Waals surface area contributed by atoms with E-state index in [0.717, 1.165) is 82.4 Å². The molecule has 2 fully saturated rings. The molecule has 0 bridgehead atoms. The average Bonchev–Trinajstić information content (AvgIpc) is 3.09. The second kappa shape index (κ2) is 12.5. The molecule has 1 unspecified atom stereocenters. The molecule has 0 radical (unpaired) electrons. The standard InChI is InChI=1S/C19H32ClN5OS.HI/c1-16(14-24-9-11-26-12-10-24)13-22-19(21-2)25-7-5-23(6-8-25)15-17-3-4-18(20)27-17;/h3-4,16H,5-15H2,1-2H3,(H,21,22);1H. The van der Waals surface area contributed by atoms with Crippen LogP contribution in [0.25, 0.3) is 0 Å². The second-order valence-corrected chi connectivity index (χ2v) is 9.21. The Morgan fingerprint density at radius 3 is 2.50 bits per heavy atom. The molecule has 3 heterocycles.